The summed E-state index contributed by atoms with van der Waals surface area (Å²) in [7, 11) is 0. The van der Waals surface area contributed by atoms with E-state index in [1.165, 1.54) is 5.56 Å². The quantitative estimate of drug-likeness (QED) is 0.866. The van der Waals surface area contributed by atoms with Gasteiger partial charge >= 0.3 is 0 Å². The summed E-state index contributed by atoms with van der Waals surface area (Å²) in [6, 6.07) is 8.56. The summed E-state index contributed by atoms with van der Waals surface area (Å²) in [4.78, 5) is 9.14. The lowest BCUT2D eigenvalue weighted by molar-refractivity contribution is 0.0956. The molecule has 1 fully saturated rings. The highest BCUT2D eigenvalue weighted by Gasteiger charge is 2.22. The van der Waals surface area contributed by atoms with Crippen molar-refractivity contribution < 1.29 is 4.52 Å². The van der Waals surface area contributed by atoms with Crippen molar-refractivity contribution in [1.82, 2.24) is 19.9 Å². The summed E-state index contributed by atoms with van der Waals surface area (Å²) in [5, 5.41) is 4.75. The Bertz CT molecular complexity index is 605. The van der Waals surface area contributed by atoms with Gasteiger partial charge in [-0.3, -0.25) is 9.80 Å². The van der Waals surface area contributed by atoms with Crippen LogP contribution in [0.25, 0.3) is 0 Å². The monoisotopic (exact) mass is 320 g/mol. The predicted octanol–water partition coefficient (Wildman–Crippen LogP) is 2.91. The summed E-state index contributed by atoms with van der Waals surface area (Å²) >= 11 is 5.96. The summed E-state index contributed by atoms with van der Waals surface area (Å²) in [5.74, 6) is 1.40. The van der Waals surface area contributed by atoms with Crippen LogP contribution in [0.5, 0.6) is 0 Å². The number of hydrogen-bond acceptors (Lipinski definition) is 5. The Kier molecular flexibility index (Phi) is 4.76. The Morgan fingerprint density at radius 1 is 1.18 bits per heavy atom. The van der Waals surface area contributed by atoms with Crippen molar-refractivity contribution in [3.8, 4) is 0 Å². The third-order valence-corrected chi connectivity index (χ3v) is 4.49. The molecule has 0 unspecified atom stereocenters. The van der Waals surface area contributed by atoms with Crippen molar-refractivity contribution in [1.29, 1.82) is 0 Å². The second-order valence-corrected chi connectivity index (χ2v) is 6.21. The SMILES string of the molecule is Cc1nc(CN2CCN([C@H](C)c3ccc(Cl)cc3)CC2)no1. The number of rotatable bonds is 4. The Morgan fingerprint density at radius 3 is 2.45 bits per heavy atom. The largest absolute Gasteiger partial charge is 0.340 e. The first-order chi connectivity index (χ1) is 10.6. The van der Waals surface area contributed by atoms with Crippen LogP contribution in [0.4, 0.5) is 0 Å². The summed E-state index contributed by atoms with van der Waals surface area (Å²) in [5.41, 5.74) is 1.31. The third kappa shape index (κ3) is 3.66. The van der Waals surface area contributed by atoms with Gasteiger partial charge in [0.1, 0.15) is 0 Å². The highest BCUT2D eigenvalue weighted by molar-refractivity contribution is 6.30. The molecule has 2 aromatic rings. The van der Waals surface area contributed by atoms with Gasteiger partial charge in [0.2, 0.25) is 5.89 Å². The van der Waals surface area contributed by atoms with Gasteiger partial charge in [0.05, 0.1) is 6.54 Å². The summed E-state index contributed by atoms with van der Waals surface area (Å²) < 4.78 is 5.02. The topological polar surface area (TPSA) is 45.4 Å². The molecule has 0 radical (unpaired) electrons. The molecule has 2 heterocycles. The minimum atomic E-state index is 0.409. The molecule has 1 aromatic heterocycles. The molecule has 1 saturated heterocycles. The second kappa shape index (κ2) is 6.77. The fourth-order valence-electron chi connectivity index (χ4n) is 2.87. The van der Waals surface area contributed by atoms with Crippen molar-refractivity contribution in [2.24, 2.45) is 0 Å². The standard InChI is InChI=1S/C16H21ClN4O/c1-12(14-3-5-15(17)6-4-14)21-9-7-20(8-10-21)11-16-18-13(2)22-19-16/h3-6,12H,7-11H2,1-2H3/t12-/m1/s1. The van der Waals surface area contributed by atoms with Crippen LogP contribution in [-0.4, -0.2) is 46.1 Å². The zero-order valence-corrected chi connectivity index (χ0v) is 13.8. The summed E-state index contributed by atoms with van der Waals surface area (Å²) in [6.07, 6.45) is 0. The summed E-state index contributed by atoms with van der Waals surface area (Å²) in [6.45, 7) is 8.96. The molecule has 6 heteroatoms. The Balaban J connectivity index is 1.53. The average molecular weight is 321 g/mol. The minimum absolute atomic E-state index is 0.409. The molecule has 0 N–H and O–H groups in total. The van der Waals surface area contributed by atoms with E-state index < -0.39 is 0 Å². The highest BCUT2D eigenvalue weighted by atomic mass is 35.5. The second-order valence-electron chi connectivity index (χ2n) is 5.77. The van der Waals surface area contributed by atoms with Crippen LogP contribution >= 0.6 is 11.6 Å². The van der Waals surface area contributed by atoms with E-state index in [0.717, 1.165) is 43.6 Å². The van der Waals surface area contributed by atoms with Crippen molar-refractivity contribution in [3.05, 3.63) is 46.6 Å². The third-order valence-electron chi connectivity index (χ3n) is 4.24. The molecular formula is C16H21ClN4O. The Hall–Kier alpha value is -1.43. The van der Waals surface area contributed by atoms with Crippen molar-refractivity contribution in [3.63, 3.8) is 0 Å². The van der Waals surface area contributed by atoms with E-state index in [-0.39, 0.29) is 0 Å². The molecule has 1 aliphatic heterocycles. The molecule has 118 valence electrons. The molecule has 0 spiro atoms. The van der Waals surface area contributed by atoms with Gasteiger partial charge in [-0.25, -0.2) is 0 Å². The number of aromatic nitrogens is 2. The molecule has 0 aliphatic carbocycles. The van der Waals surface area contributed by atoms with Crippen LogP contribution in [0, 0.1) is 6.92 Å². The number of hydrogen-bond donors (Lipinski definition) is 0. The first kappa shape index (κ1) is 15.5. The fourth-order valence-corrected chi connectivity index (χ4v) is 2.99. The van der Waals surface area contributed by atoms with E-state index in [0.29, 0.717) is 11.9 Å². The highest BCUT2D eigenvalue weighted by Crippen LogP contribution is 2.23. The van der Waals surface area contributed by atoms with Crippen LogP contribution in [-0.2, 0) is 6.54 Å². The van der Waals surface area contributed by atoms with Gasteiger partial charge in [-0.2, -0.15) is 4.98 Å². The molecule has 0 bridgehead atoms. The number of halogens is 1. The van der Waals surface area contributed by atoms with Gasteiger partial charge in [0.25, 0.3) is 0 Å². The fraction of sp³-hybridized carbons (Fsp3) is 0.500. The molecule has 1 atom stereocenters. The molecule has 0 saturated carbocycles. The number of nitrogens with zero attached hydrogens (tertiary/aromatic N) is 4. The lowest BCUT2D eigenvalue weighted by Crippen LogP contribution is -2.46. The van der Waals surface area contributed by atoms with Crippen LogP contribution < -0.4 is 0 Å². The van der Waals surface area contributed by atoms with Crippen molar-refractivity contribution in [2.75, 3.05) is 26.2 Å². The van der Waals surface area contributed by atoms with Gasteiger partial charge in [0, 0.05) is 44.2 Å². The van der Waals surface area contributed by atoms with E-state index in [1.54, 1.807) is 0 Å². The Labute approximate surface area is 135 Å². The van der Waals surface area contributed by atoms with Gasteiger partial charge < -0.3 is 4.52 Å². The first-order valence-corrected chi connectivity index (χ1v) is 8.00. The number of piperazine rings is 1. The minimum Gasteiger partial charge on any atom is -0.340 e. The van der Waals surface area contributed by atoms with Gasteiger partial charge in [-0.15, -0.1) is 0 Å². The van der Waals surface area contributed by atoms with Crippen molar-refractivity contribution >= 4 is 11.6 Å². The molecule has 22 heavy (non-hydrogen) atoms. The van der Waals surface area contributed by atoms with Crippen LogP contribution in [0.3, 0.4) is 0 Å². The van der Waals surface area contributed by atoms with Crippen molar-refractivity contribution in [2.45, 2.75) is 26.4 Å². The van der Waals surface area contributed by atoms with E-state index in [1.807, 2.05) is 19.1 Å². The molecule has 0 amide bonds. The van der Waals surface area contributed by atoms with Gasteiger partial charge in [0.15, 0.2) is 5.82 Å². The first-order valence-electron chi connectivity index (χ1n) is 7.63. The molecular weight excluding hydrogens is 300 g/mol. The van der Waals surface area contributed by atoms with Crippen LogP contribution in [0.15, 0.2) is 28.8 Å². The zero-order valence-electron chi connectivity index (χ0n) is 13.0. The van der Waals surface area contributed by atoms with Crippen LogP contribution in [0.1, 0.15) is 30.2 Å². The van der Waals surface area contributed by atoms with Gasteiger partial charge in [-0.1, -0.05) is 28.9 Å². The normalized spacial score (nSPS) is 18.5. The number of aryl methyl sites for hydroxylation is 1. The molecule has 5 nitrogen and oxygen atoms in total. The van der Waals surface area contributed by atoms with E-state index in [4.69, 9.17) is 16.1 Å². The maximum Gasteiger partial charge on any atom is 0.223 e. The smallest absolute Gasteiger partial charge is 0.223 e. The molecule has 3 rings (SSSR count). The maximum absolute atomic E-state index is 5.96. The lowest BCUT2D eigenvalue weighted by atomic mass is 10.1. The van der Waals surface area contributed by atoms with E-state index in [2.05, 4.69) is 39.0 Å². The van der Waals surface area contributed by atoms with E-state index in [9.17, 15) is 0 Å². The molecule has 1 aliphatic rings. The zero-order chi connectivity index (χ0) is 15.5. The number of benzene rings is 1. The predicted molar refractivity (Wildman–Crippen MR) is 85.8 cm³/mol. The molecule has 1 aromatic carbocycles. The van der Waals surface area contributed by atoms with Crippen LogP contribution in [0.2, 0.25) is 5.02 Å². The van der Waals surface area contributed by atoms with E-state index >= 15 is 0 Å². The van der Waals surface area contributed by atoms with Gasteiger partial charge in [-0.05, 0) is 24.6 Å². The average Bonchev–Trinajstić information content (AvgIpc) is 2.93. The maximum atomic E-state index is 5.96. The Morgan fingerprint density at radius 2 is 1.86 bits per heavy atom. The lowest BCUT2D eigenvalue weighted by Gasteiger charge is -2.37.